The first-order valence-corrected chi connectivity index (χ1v) is 6.58. The van der Waals surface area contributed by atoms with Crippen molar-refractivity contribution in [3.63, 3.8) is 0 Å². The lowest BCUT2D eigenvalue weighted by atomic mass is 9.95. The molecule has 3 N–H and O–H groups in total. The third kappa shape index (κ3) is 2.61. The summed E-state index contributed by atoms with van der Waals surface area (Å²) in [5.41, 5.74) is 3.85. The molecule has 0 bridgehead atoms. The van der Waals surface area contributed by atoms with E-state index in [-0.39, 0.29) is 0 Å². The zero-order valence-electron chi connectivity index (χ0n) is 7.45. The monoisotopic (exact) mass is 399 g/mol. The lowest BCUT2D eigenvalue weighted by Crippen LogP contribution is -2.45. The SMILES string of the molecule is NC(=O)C(O)(c1ccc(Br)cc1)C(Br)Br. The molecule has 1 amide bonds. The minimum absolute atomic E-state index is 0.428. The predicted octanol–water partition coefficient (Wildman–Crippen LogP) is 2.24. The summed E-state index contributed by atoms with van der Waals surface area (Å²) in [7, 11) is 0. The number of benzene rings is 1. The molecule has 0 aromatic heterocycles. The van der Waals surface area contributed by atoms with E-state index in [1.165, 1.54) is 0 Å². The minimum Gasteiger partial charge on any atom is -0.374 e. The van der Waals surface area contributed by atoms with Crippen LogP contribution in [0.25, 0.3) is 0 Å². The van der Waals surface area contributed by atoms with E-state index in [0.29, 0.717) is 5.56 Å². The lowest BCUT2D eigenvalue weighted by molar-refractivity contribution is -0.135. The van der Waals surface area contributed by atoms with Gasteiger partial charge < -0.3 is 10.8 Å². The summed E-state index contributed by atoms with van der Waals surface area (Å²) >= 11 is 9.48. The van der Waals surface area contributed by atoms with Gasteiger partial charge in [-0.05, 0) is 17.7 Å². The van der Waals surface area contributed by atoms with E-state index in [4.69, 9.17) is 5.73 Å². The molecular weight excluding hydrogens is 394 g/mol. The van der Waals surface area contributed by atoms with Gasteiger partial charge >= 0.3 is 0 Å². The number of halogens is 3. The number of nitrogens with two attached hydrogens (primary N) is 1. The molecule has 15 heavy (non-hydrogen) atoms. The molecule has 0 heterocycles. The Morgan fingerprint density at radius 3 is 2.13 bits per heavy atom. The minimum atomic E-state index is -1.76. The van der Waals surface area contributed by atoms with Gasteiger partial charge in [0.1, 0.15) is 3.74 Å². The third-order valence-corrected chi connectivity index (χ3v) is 3.83. The highest BCUT2D eigenvalue weighted by molar-refractivity contribution is 9.24. The van der Waals surface area contributed by atoms with E-state index in [9.17, 15) is 9.90 Å². The Kier molecular flexibility index (Phi) is 4.34. The van der Waals surface area contributed by atoms with E-state index in [1.807, 2.05) is 0 Å². The molecule has 82 valence electrons. The zero-order chi connectivity index (χ0) is 11.6. The van der Waals surface area contributed by atoms with Crippen LogP contribution < -0.4 is 5.73 Å². The largest absolute Gasteiger partial charge is 0.374 e. The first-order chi connectivity index (χ1) is 6.89. The smallest absolute Gasteiger partial charge is 0.256 e. The Morgan fingerprint density at radius 1 is 1.33 bits per heavy atom. The molecule has 0 radical (unpaired) electrons. The van der Waals surface area contributed by atoms with Gasteiger partial charge in [0.05, 0.1) is 0 Å². The van der Waals surface area contributed by atoms with E-state index < -0.39 is 15.2 Å². The molecule has 1 rings (SSSR count). The molecule has 0 aliphatic heterocycles. The molecule has 1 unspecified atom stereocenters. The maximum atomic E-state index is 11.2. The molecule has 0 aliphatic carbocycles. The molecule has 0 spiro atoms. The van der Waals surface area contributed by atoms with E-state index in [2.05, 4.69) is 47.8 Å². The van der Waals surface area contributed by atoms with Gasteiger partial charge in [0.25, 0.3) is 5.91 Å². The highest BCUT2D eigenvalue weighted by Crippen LogP contribution is 2.34. The third-order valence-electron chi connectivity index (χ3n) is 1.98. The number of rotatable bonds is 3. The second-order valence-electron chi connectivity index (χ2n) is 2.94. The number of amides is 1. The highest BCUT2D eigenvalue weighted by atomic mass is 79.9. The number of carbonyl (C=O) groups is 1. The maximum absolute atomic E-state index is 11.2. The second kappa shape index (κ2) is 4.95. The zero-order valence-corrected chi connectivity index (χ0v) is 12.2. The van der Waals surface area contributed by atoms with Crippen molar-refractivity contribution >= 4 is 53.7 Å². The number of aliphatic hydroxyl groups is 1. The fourth-order valence-electron chi connectivity index (χ4n) is 1.08. The van der Waals surface area contributed by atoms with Crippen LogP contribution >= 0.6 is 47.8 Å². The van der Waals surface area contributed by atoms with Gasteiger partial charge in [0.15, 0.2) is 5.60 Å². The van der Waals surface area contributed by atoms with Crippen LogP contribution in [0.3, 0.4) is 0 Å². The van der Waals surface area contributed by atoms with Crippen molar-refractivity contribution in [1.82, 2.24) is 0 Å². The number of primary amides is 1. The maximum Gasteiger partial charge on any atom is 0.256 e. The fraction of sp³-hybridized carbons (Fsp3) is 0.222. The van der Waals surface area contributed by atoms with Crippen LogP contribution in [0.4, 0.5) is 0 Å². The molecule has 3 nitrogen and oxygen atoms in total. The van der Waals surface area contributed by atoms with Gasteiger partial charge in [-0.15, -0.1) is 0 Å². The average Bonchev–Trinajstić information content (AvgIpc) is 2.17. The van der Waals surface area contributed by atoms with Crippen LogP contribution in [-0.4, -0.2) is 14.8 Å². The van der Waals surface area contributed by atoms with Gasteiger partial charge in [-0.25, -0.2) is 0 Å². The van der Waals surface area contributed by atoms with Gasteiger partial charge in [0.2, 0.25) is 0 Å². The first kappa shape index (κ1) is 13.2. The van der Waals surface area contributed by atoms with Crippen LogP contribution in [0.5, 0.6) is 0 Å². The van der Waals surface area contributed by atoms with Crippen molar-refractivity contribution in [2.24, 2.45) is 5.73 Å². The van der Waals surface area contributed by atoms with Crippen molar-refractivity contribution in [2.75, 3.05) is 0 Å². The Morgan fingerprint density at radius 2 is 1.80 bits per heavy atom. The molecular formula is C9H8Br3NO2. The molecule has 0 fully saturated rings. The topological polar surface area (TPSA) is 63.3 Å². The van der Waals surface area contributed by atoms with Crippen LogP contribution in [0.2, 0.25) is 0 Å². The Labute approximate surface area is 112 Å². The van der Waals surface area contributed by atoms with Crippen LogP contribution in [0.1, 0.15) is 5.56 Å². The predicted molar refractivity (Wildman–Crippen MR) is 68.9 cm³/mol. The summed E-state index contributed by atoms with van der Waals surface area (Å²) in [4.78, 5) is 11.2. The molecule has 0 saturated heterocycles. The normalized spacial score (nSPS) is 15.0. The van der Waals surface area contributed by atoms with E-state index >= 15 is 0 Å². The Bertz CT molecular complexity index is 366. The number of carbonyl (C=O) groups excluding carboxylic acids is 1. The van der Waals surface area contributed by atoms with Gasteiger partial charge in [-0.3, -0.25) is 4.79 Å². The van der Waals surface area contributed by atoms with E-state index in [1.54, 1.807) is 24.3 Å². The van der Waals surface area contributed by atoms with Crippen LogP contribution in [0.15, 0.2) is 28.7 Å². The van der Waals surface area contributed by atoms with Crippen molar-refractivity contribution in [1.29, 1.82) is 0 Å². The van der Waals surface area contributed by atoms with Crippen molar-refractivity contribution in [3.05, 3.63) is 34.3 Å². The van der Waals surface area contributed by atoms with E-state index in [0.717, 1.165) is 4.47 Å². The van der Waals surface area contributed by atoms with Crippen molar-refractivity contribution in [3.8, 4) is 0 Å². The Balaban J connectivity index is 3.22. The summed E-state index contributed by atoms with van der Waals surface area (Å²) in [6, 6.07) is 6.71. The number of alkyl halides is 2. The molecule has 1 aromatic rings. The quantitative estimate of drug-likeness (QED) is 0.763. The van der Waals surface area contributed by atoms with Crippen LogP contribution in [-0.2, 0) is 10.4 Å². The summed E-state index contributed by atoms with van der Waals surface area (Å²) in [5.74, 6) is -0.816. The lowest BCUT2D eigenvalue weighted by Gasteiger charge is -2.26. The summed E-state index contributed by atoms with van der Waals surface area (Å²) in [6.07, 6.45) is 0. The molecule has 1 atom stereocenters. The standard InChI is InChI=1S/C9H8Br3NO2/c10-6-3-1-5(2-4-6)9(15,7(11)12)8(13)14/h1-4,7,15H,(H2,13,14). The Hall–Kier alpha value is 0.0900. The van der Waals surface area contributed by atoms with Gasteiger partial charge in [-0.1, -0.05) is 59.9 Å². The van der Waals surface area contributed by atoms with Gasteiger partial charge in [0, 0.05) is 4.47 Å². The fourth-order valence-corrected chi connectivity index (χ4v) is 2.32. The number of hydrogen-bond acceptors (Lipinski definition) is 2. The highest BCUT2D eigenvalue weighted by Gasteiger charge is 2.41. The summed E-state index contributed by atoms with van der Waals surface area (Å²) in [5, 5.41) is 10.1. The van der Waals surface area contributed by atoms with Crippen molar-refractivity contribution < 1.29 is 9.90 Å². The second-order valence-corrected chi connectivity index (χ2v) is 6.91. The molecule has 0 aliphatic rings. The van der Waals surface area contributed by atoms with Crippen LogP contribution in [0, 0.1) is 0 Å². The average molecular weight is 402 g/mol. The number of hydrogen-bond donors (Lipinski definition) is 2. The molecule has 0 saturated carbocycles. The summed E-state index contributed by atoms with van der Waals surface area (Å²) in [6.45, 7) is 0. The van der Waals surface area contributed by atoms with Gasteiger partial charge in [-0.2, -0.15) is 0 Å². The molecule has 6 heteroatoms. The molecule has 1 aromatic carbocycles. The summed E-state index contributed by atoms with van der Waals surface area (Å²) < 4.78 is 0.218. The first-order valence-electron chi connectivity index (χ1n) is 3.95. The van der Waals surface area contributed by atoms with Crippen molar-refractivity contribution in [2.45, 2.75) is 9.34 Å².